The summed E-state index contributed by atoms with van der Waals surface area (Å²) in [4.78, 5) is 3.45. The molecular weight excluding hydrogens is 264 g/mol. The number of ether oxygens (including phenoxy) is 1. The van der Waals surface area contributed by atoms with E-state index in [0.29, 0.717) is 19.6 Å². The first-order valence-electron chi connectivity index (χ1n) is 5.67. The van der Waals surface area contributed by atoms with E-state index in [4.69, 9.17) is 9.84 Å². The molecule has 0 unspecified atom stereocenters. The van der Waals surface area contributed by atoms with Crippen LogP contribution in [0.2, 0.25) is 0 Å². The van der Waals surface area contributed by atoms with Crippen molar-refractivity contribution in [3.63, 3.8) is 0 Å². The highest BCUT2D eigenvalue weighted by Gasteiger charge is 1.99. The SMILES string of the molecule is OCCC#Cc1ccc(COCc2cccs2)s1. The molecule has 0 aliphatic carbocycles. The zero-order valence-electron chi connectivity index (χ0n) is 9.89. The smallest absolute Gasteiger partial charge is 0.0814 e. The highest BCUT2D eigenvalue weighted by atomic mass is 32.1. The first kappa shape index (κ1) is 13.3. The highest BCUT2D eigenvalue weighted by molar-refractivity contribution is 7.12. The predicted octanol–water partition coefficient (Wildman–Crippen LogP) is 3.26. The third-order valence-corrected chi connectivity index (χ3v) is 4.00. The van der Waals surface area contributed by atoms with Crippen LogP contribution in [0.5, 0.6) is 0 Å². The van der Waals surface area contributed by atoms with E-state index in [1.54, 1.807) is 22.7 Å². The standard InChI is InChI=1S/C14H14O2S2/c15-8-2-1-4-12-6-7-14(18-12)11-16-10-13-5-3-9-17-13/h3,5-7,9,15H,2,8,10-11H2. The second-order valence-electron chi connectivity index (χ2n) is 3.61. The number of hydrogen-bond acceptors (Lipinski definition) is 4. The molecule has 18 heavy (non-hydrogen) atoms. The predicted molar refractivity (Wildman–Crippen MR) is 75.7 cm³/mol. The first-order valence-corrected chi connectivity index (χ1v) is 7.36. The lowest BCUT2D eigenvalue weighted by Gasteiger charge is -1.99. The average Bonchev–Trinajstić information content (AvgIpc) is 3.01. The Bertz CT molecular complexity index is 517. The van der Waals surface area contributed by atoms with Crippen LogP contribution in [-0.2, 0) is 18.0 Å². The van der Waals surface area contributed by atoms with Gasteiger partial charge in [0.1, 0.15) is 0 Å². The lowest BCUT2D eigenvalue weighted by atomic mass is 10.4. The van der Waals surface area contributed by atoms with E-state index < -0.39 is 0 Å². The third kappa shape index (κ3) is 4.28. The molecular formula is C14H14O2S2. The molecule has 0 amide bonds. The van der Waals surface area contributed by atoms with Crippen molar-refractivity contribution in [2.24, 2.45) is 0 Å². The third-order valence-electron chi connectivity index (χ3n) is 2.18. The second-order valence-corrected chi connectivity index (χ2v) is 5.81. The van der Waals surface area contributed by atoms with Gasteiger partial charge in [-0.05, 0) is 23.6 Å². The minimum absolute atomic E-state index is 0.120. The Labute approximate surface area is 115 Å². The van der Waals surface area contributed by atoms with E-state index in [1.807, 2.05) is 18.2 Å². The Morgan fingerprint density at radius 3 is 2.83 bits per heavy atom. The molecule has 4 heteroatoms. The van der Waals surface area contributed by atoms with Crippen molar-refractivity contribution in [1.82, 2.24) is 0 Å². The van der Waals surface area contributed by atoms with Crippen LogP contribution < -0.4 is 0 Å². The van der Waals surface area contributed by atoms with Crippen LogP contribution in [0.25, 0.3) is 0 Å². The monoisotopic (exact) mass is 278 g/mol. The summed E-state index contributed by atoms with van der Waals surface area (Å²) in [5.74, 6) is 5.94. The minimum Gasteiger partial charge on any atom is -0.395 e. The fourth-order valence-corrected chi connectivity index (χ4v) is 2.84. The van der Waals surface area contributed by atoms with E-state index in [1.165, 1.54) is 9.75 Å². The van der Waals surface area contributed by atoms with Gasteiger partial charge >= 0.3 is 0 Å². The number of hydrogen-bond donors (Lipinski definition) is 1. The van der Waals surface area contributed by atoms with Gasteiger partial charge in [-0.3, -0.25) is 0 Å². The Morgan fingerprint density at radius 1 is 1.17 bits per heavy atom. The van der Waals surface area contributed by atoms with Crippen molar-refractivity contribution in [2.75, 3.05) is 6.61 Å². The molecule has 0 radical (unpaired) electrons. The molecule has 2 aromatic heterocycles. The van der Waals surface area contributed by atoms with Crippen molar-refractivity contribution >= 4 is 22.7 Å². The number of thiophene rings is 2. The topological polar surface area (TPSA) is 29.5 Å². The molecule has 0 atom stereocenters. The lowest BCUT2D eigenvalue weighted by molar-refractivity contribution is 0.111. The van der Waals surface area contributed by atoms with Gasteiger partial charge in [-0.1, -0.05) is 17.9 Å². The van der Waals surface area contributed by atoms with Crippen molar-refractivity contribution in [3.8, 4) is 11.8 Å². The van der Waals surface area contributed by atoms with Gasteiger partial charge in [-0.25, -0.2) is 0 Å². The van der Waals surface area contributed by atoms with Gasteiger partial charge in [0, 0.05) is 16.2 Å². The fourth-order valence-electron chi connectivity index (χ4n) is 1.38. The largest absolute Gasteiger partial charge is 0.395 e. The summed E-state index contributed by atoms with van der Waals surface area (Å²) in [6.07, 6.45) is 0.530. The van der Waals surface area contributed by atoms with Crippen LogP contribution in [0, 0.1) is 11.8 Å². The molecule has 94 valence electrons. The summed E-state index contributed by atoms with van der Waals surface area (Å²) in [5, 5.41) is 10.7. The quantitative estimate of drug-likeness (QED) is 0.851. The van der Waals surface area contributed by atoms with Gasteiger partial charge in [0.2, 0.25) is 0 Å². The van der Waals surface area contributed by atoms with Crippen LogP contribution in [-0.4, -0.2) is 11.7 Å². The zero-order chi connectivity index (χ0) is 12.6. The number of aliphatic hydroxyl groups excluding tert-OH is 1. The van der Waals surface area contributed by atoms with Gasteiger partial charge in [0.05, 0.1) is 24.7 Å². The Morgan fingerprint density at radius 2 is 2.06 bits per heavy atom. The van der Waals surface area contributed by atoms with E-state index in [-0.39, 0.29) is 6.61 Å². The van der Waals surface area contributed by atoms with Crippen LogP contribution >= 0.6 is 22.7 Å². The normalized spacial score (nSPS) is 10.1. The van der Waals surface area contributed by atoms with Crippen molar-refractivity contribution < 1.29 is 9.84 Å². The Kier molecular flexibility index (Phi) is 5.43. The molecule has 0 bridgehead atoms. The van der Waals surface area contributed by atoms with E-state index in [2.05, 4.69) is 23.3 Å². The highest BCUT2D eigenvalue weighted by Crippen LogP contribution is 2.18. The summed E-state index contributed by atoms with van der Waals surface area (Å²) >= 11 is 3.35. The van der Waals surface area contributed by atoms with Gasteiger partial charge < -0.3 is 9.84 Å². The zero-order valence-corrected chi connectivity index (χ0v) is 11.5. The maximum Gasteiger partial charge on any atom is 0.0814 e. The fraction of sp³-hybridized carbons (Fsp3) is 0.286. The Balaban J connectivity index is 1.78. The summed E-state index contributed by atoms with van der Waals surface area (Å²) in [5.41, 5.74) is 0. The molecule has 2 heterocycles. The van der Waals surface area contributed by atoms with Gasteiger partial charge in [-0.15, -0.1) is 22.7 Å². The molecule has 0 aliphatic rings. The van der Waals surface area contributed by atoms with Crippen LogP contribution in [0.1, 0.15) is 21.1 Å². The molecule has 2 rings (SSSR count). The lowest BCUT2D eigenvalue weighted by Crippen LogP contribution is -1.89. The number of rotatable bonds is 5. The average molecular weight is 278 g/mol. The van der Waals surface area contributed by atoms with Crippen LogP contribution in [0.15, 0.2) is 29.6 Å². The van der Waals surface area contributed by atoms with Gasteiger partial charge in [0.15, 0.2) is 0 Å². The molecule has 0 spiro atoms. The maximum absolute atomic E-state index is 8.64. The summed E-state index contributed by atoms with van der Waals surface area (Å²) < 4.78 is 5.64. The van der Waals surface area contributed by atoms with Gasteiger partial charge in [-0.2, -0.15) is 0 Å². The molecule has 1 N–H and O–H groups in total. The van der Waals surface area contributed by atoms with Gasteiger partial charge in [0.25, 0.3) is 0 Å². The van der Waals surface area contributed by atoms with E-state index in [9.17, 15) is 0 Å². The van der Waals surface area contributed by atoms with E-state index >= 15 is 0 Å². The number of aliphatic hydroxyl groups is 1. The molecule has 0 fully saturated rings. The summed E-state index contributed by atoms with van der Waals surface area (Å²) in [7, 11) is 0. The molecule has 0 saturated heterocycles. The van der Waals surface area contributed by atoms with Crippen LogP contribution in [0.3, 0.4) is 0 Å². The van der Waals surface area contributed by atoms with Crippen LogP contribution in [0.4, 0.5) is 0 Å². The molecule has 0 aromatic carbocycles. The van der Waals surface area contributed by atoms with Crippen molar-refractivity contribution in [1.29, 1.82) is 0 Å². The second kappa shape index (κ2) is 7.34. The van der Waals surface area contributed by atoms with E-state index in [0.717, 1.165) is 4.88 Å². The Hall–Kier alpha value is -1.12. The summed E-state index contributed by atoms with van der Waals surface area (Å²) in [6, 6.07) is 8.15. The minimum atomic E-state index is 0.120. The molecule has 0 aliphatic heterocycles. The molecule has 2 aromatic rings. The molecule has 0 saturated carbocycles. The van der Waals surface area contributed by atoms with Crippen molar-refractivity contribution in [2.45, 2.75) is 19.6 Å². The maximum atomic E-state index is 8.64. The first-order chi connectivity index (χ1) is 8.88. The van der Waals surface area contributed by atoms with Crippen molar-refractivity contribution in [3.05, 3.63) is 44.3 Å². The summed E-state index contributed by atoms with van der Waals surface area (Å²) in [6.45, 7) is 1.42. The molecule has 2 nitrogen and oxygen atoms in total.